The minimum atomic E-state index is -0.307. The number of halogens is 1. The smallest absolute Gasteiger partial charge is 0.237 e. The van der Waals surface area contributed by atoms with Crippen LogP contribution in [-0.4, -0.2) is 79.6 Å². The number of carbonyl (C=O) groups excluding carboxylic acids is 2. The van der Waals surface area contributed by atoms with Crippen LogP contribution in [0.1, 0.15) is 19.8 Å². The minimum absolute atomic E-state index is 0.0457. The molecule has 2 amide bonds. The molecule has 1 aliphatic heterocycles. The number of hydrogen-bond acceptors (Lipinski definition) is 5. The van der Waals surface area contributed by atoms with Crippen molar-refractivity contribution < 1.29 is 18.7 Å². The summed E-state index contributed by atoms with van der Waals surface area (Å²) in [6, 6.07) is 6.05. The molecule has 1 aromatic rings. The van der Waals surface area contributed by atoms with Crippen LogP contribution < -0.4 is 15.4 Å². The lowest BCUT2D eigenvalue weighted by Gasteiger charge is -2.37. The van der Waals surface area contributed by atoms with Crippen LogP contribution >= 0.6 is 0 Å². The van der Waals surface area contributed by atoms with Crippen molar-refractivity contribution in [1.82, 2.24) is 20.4 Å². The Morgan fingerprint density at radius 3 is 2.50 bits per heavy atom. The highest BCUT2D eigenvalue weighted by atomic mass is 19.1. The van der Waals surface area contributed by atoms with E-state index in [1.807, 2.05) is 6.92 Å². The summed E-state index contributed by atoms with van der Waals surface area (Å²) in [7, 11) is 0. The molecule has 0 radical (unpaired) electrons. The fourth-order valence-electron chi connectivity index (χ4n) is 3.17. The molecule has 1 saturated carbocycles. The van der Waals surface area contributed by atoms with Gasteiger partial charge >= 0.3 is 0 Å². The van der Waals surface area contributed by atoms with Crippen molar-refractivity contribution in [1.29, 1.82) is 0 Å². The van der Waals surface area contributed by atoms with Crippen molar-refractivity contribution in [3.63, 3.8) is 0 Å². The van der Waals surface area contributed by atoms with E-state index in [1.165, 1.54) is 12.1 Å². The van der Waals surface area contributed by atoms with Gasteiger partial charge in [-0.2, -0.15) is 0 Å². The molecule has 7 nitrogen and oxygen atoms in total. The molecule has 2 N–H and O–H groups in total. The molecule has 1 atom stereocenters. The van der Waals surface area contributed by atoms with Crippen molar-refractivity contribution in [2.24, 2.45) is 0 Å². The Morgan fingerprint density at radius 2 is 1.86 bits per heavy atom. The van der Waals surface area contributed by atoms with Gasteiger partial charge in [0.05, 0.1) is 19.1 Å². The van der Waals surface area contributed by atoms with Gasteiger partial charge in [0, 0.05) is 32.2 Å². The lowest BCUT2D eigenvalue weighted by Crippen LogP contribution is -2.55. The second-order valence-electron chi connectivity index (χ2n) is 7.42. The van der Waals surface area contributed by atoms with Gasteiger partial charge in [-0.1, -0.05) is 0 Å². The third-order valence-corrected chi connectivity index (χ3v) is 5.13. The van der Waals surface area contributed by atoms with E-state index in [0.717, 1.165) is 39.0 Å². The van der Waals surface area contributed by atoms with Gasteiger partial charge < -0.3 is 15.4 Å². The zero-order chi connectivity index (χ0) is 19.9. The zero-order valence-corrected chi connectivity index (χ0v) is 16.3. The van der Waals surface area contributed by atoms with Crippen LogP contribution in [0, 0.1) is 5.82 Å². The maximum Gasteiger partial charge on any atom is 0.237 e. The number of rotatable bonds is 9. The molecule has 2 aliphatic rings. The Labute approximate surface area is 165 Å². The third-order valence-electron chi connectivity index (χ3n) is 5.13. The number of carbonyl (C=O) groups is 2. The quantitative estimate of drug-likeness (QED) is 0.603. The third kappa shape index (κ3) is 6.45. The maximum atomic E-state index is 12.8. The fraction of sp³-hybridized carbons (Fsp3) is 0.600. The van der Waals surface area contributed by atoms with E-state index >= 15 is 0 Å². The topological polar surface area (TPSA) is 73.9 Å². The van der Waals surface area contributed by atoms with E-state index in [1.54, 1.807) is 12.1 Å². The summed E-state index contributed by atoms with van der Waals surface area (Å²) in [5.41, 5.74) is 0. The number of benzene rings is 1. The van der Waals surface area contributed by atoms with Crippen LogP contribution in [0.4, 0.5) is 4.39 Å². The molecule has 1 aliphatic carbocycles. The first kappa shape index (κ1) is 20.5. The molecule has 1 unspecified atom stereocenters. The highest BCUT2D eigenvalue weighted by Gasteiger charge is 2.30. The highest BCUT2D eigenvalue weighted by Crippen LogP contribution is 2.19. The van der Waals surface area contributed by atoms with Crippen molar-refractivity contribution in [2.75, 3.05) is 45.9 Å². The van der Waals surface area contributed by atoms with Gasteiger partial charge in [0.2, 0.25) is 11.8 Å². The summed E-state index contributed by atoms with van der Waals surface area (Å²) in [4.78, 5) is 28.5. The highest BCUT2D eigenvalue weighted by molar-refractivity contribution is 5.82. The molecule has 28 heavy (non-hydrogen) atoms. The zero-order valence-electron chi connectivity index (χ0n) is 16.3. The molecule has 1 aromatic carbocycles. The first-order valence-corrected chi connectivity index (χ1v) is 9.93. The predicted molar refractivity (Wildman–Crippen MR) is 104 cm³/mol. The van der Waals surface area contributed by atoms with E-state index < -0.39 is 0 Å². The van der Waals surface area contributed by atoms with Gasteiger partial charge in [-0.05, 0) is 44.0 Å². The second kappa shape index (κ2) is 9.84. The lowest BCUT2D eigenvalue weighted by molar-refractivity contribution is -0.128. The van der Waals surface area contributed by atoms with Gasteiger partial charge in [0.25, 0.3) is 0 Å². The van der Waals surface area contributed by atoms with E-state index in [-0.39, 0.29) is 23.7 Å². The molecule has 8 heteroatoms. The van der Waals surface area contributed by atoms with Gasteiger partial charge in [-0.25, -0.2) is 4.39 Å². The Bertz CT molecular complexity index is 658. The van der Waals surface area contributed by atoms with Crippen LogP contribution in [0.5, 0.6) is 5.75 Å². The molecular weight excluding hydrogens is 363 g/mol. The number of hydrogen-bond donors (Lipinski definition) is 2. The van der Waals surface area contributed by atoms with E-state index in [0.29, 0.717) is 31.5 Å². The van der Waals surface area contributed by atoms with Crippen LogP contribution in [0.25, 0.3) is 0 Å². The molecule has 0 spiro atoms. The Morgan fingerprint density at radius 1 is 1.18 bits per heavy atom. The molecule has 154 valence electrons. The lowest BCUT2D eigenvalue weighted by atomic mass is 10.2. The largest absolute Gasteiger partial charge is 0.492 e. The maximum absolute atomic E-state index is 12.8. The molecular formula is C20H29FN4O3. The second-order valence-corrected chi connectivity index (χ2v) is 7.42. The van der Waals surface area contributed by atoms with Crippen LogP contribution in [-0.2, 0) is 9.59 Å². The Kier molecular flexibility index (Phi) is 7.22. The van der Waals surface area contributed by atoms with Crippen LogP contribution in [0.2, 0.25) is 0 Å². The summed E-state index contributed by atoms with van der Waals surface area (Å²) in [6.07, 6.45) is 2.19. The van der Waals surface area contributed by atoms with Crippen LogP contribution in [0.3, 0.4) is 0 Å². The molecule has 0 aromatic heterocycles. The summed E-state index contributed by atoms with van der Waals surface area (Å²) >= 11 is 0. The standard InChI is InChI=1S/C20H29FN4O3/c1-15(20(27)23-17-4-5-17)25-11-9-24(10-12-25)14-19(26)22-8-13-28-18-6-2-16(21)3-7-18/h2-3,6-7,15,17H,4-5,8-14H2,1H3,(H,22,26)(H,23,27). The van der Waals surface area contributed by atoms with Crippen molar-refractivity contribution in [3.8, 4) is 5.75 Å². The van der Waals surface area contributed by atoms with Crippen LogP contribution in [0.15, 0.2) is 24.3 Å². The molecule has 3 rings (SSSR count). The fourth-order valence-corrected chi connectivity index (χ4v) is 3.17. The predicted octanol–water partition coefficient (Wildman–Crippen LogP) is 0.605. The number of piperazine rings is 1. The van der Waals surface area contributed by atoms with Gasteiger partial charge in [-0.3, -0.25) is 19.4 Å². The number of nitrogens with one attached hydrogen (secondary N) is 2. The summed E-state index contributed by atoms with van der Waals surface area (Å²) < 4.78 is 18.3. The first-order valence-electron chi connectivity index (χ1n) is 9.93. The minimum Gasteiger partial charge on any atom is -0.492 e. The van der Waals surface area contributed by atoms with E-state index in [9.17, 15) is 14.0 Å². The number of amides is 2. The number of nitrogens with zero attached hydrogens (tertiary/aromatic N) is 2. The van der Waals surface area contributed by atoms with Crippen molar-refractivity contribution in [2.45, 2.75) is 31.8 Å². The van der Waals surface area contributed by atoms with Gasteiger partial charge in [0.15, 0.2) is 0 Å². The number of ether oxygens (including phenoxy) is 1. The molecule has 0 bridgehead atoms. The molecule has 1 heterocycles. The SMILES string of the molecule is CC(C(=O)NC1CC1)N1CCN(CC(=O)NCCOc2ccc(F)cc2)CC1. The normalized spacial score (nSPS) is 19.1. The van der Waals surface area contributed by atoms with E-state index in [2.05, 4.69) is 20.4 Å². The summed E-state index contributed by atoms with van der Waals surface area (Å²) in [6.45, 7) is 6.10. The summed E-state index contributed by atoms with van der Waals surface area (Å²) in [5, 5.41) is 5.88. The molecule has 1 saturated heterocycles. The monoisotopic (exact) mass is 392 g/mol. The summed E-state index contributed by atoms with van der Waals surface area (Å²) in [5.74, 6) is 0.329. The Hall–Kier alpha value is -2.19. The first-order chi connectivity index (χ1) is 13.5. The van der Waals surface area contributed by atoms with Gasteiger partial charge in [0.1, 0.15) is 18.2 Å². The van der Waals surface area contributed by atoms with Gasteiger partial charge in [-0.15, -0.1) is 0 Å². The van der Waals surface area contributed by atoms with Crippen molar-refractivity contribution >= 4 is 11.8 Å². The average Bonchev–Trinajstić information content (AvgIpc) is 3.50. The Balaban J connectivity index is 1.28. The average molecular weight is 392 g/mol. The molecule has 2 fully saturated rings. The van der Waals surface area contributed by atoms with Crippen molar-refractivity contribution in [3.05, 3.63) is 30.1 Å². The van der Waals surface area contributed by atoms with E-state index in [4.69, 9.17) is 4.74 Å².